The smallest absolute Gasteiger partial charge is 0.134 e. The zero-order valence-corrected chi connectivity index (χ0v) is 14.1. The quantitative estimate of drug-likeness (QED) is 0.717. The van der Waals surface area contributed by atoms with Crippen LogP contribution in [0.1, 0.15) is 17.8 Å². The molecule has 6 heteroatoms. The van der Waals surface area contributed by atoms with Gasteiger partial charge in [0.15, 0.2) is 0 Å². The summed E-state index contributed by atoms with van der Waals surface area (Å²) >= 11 is 0. The third-order valence-corrected chi connectivity index (χ3v) is 3.53. The van der Waals surface area contributed by atoms with Gasteiger partial charge in [-0.05, 0) is 37.5 Å². The zero-order valence-electron chi connectivity index (χ0n) is 14.1. The van der Waals surface area contributed by atoms with Crippen molar-refractivity contribution < 1.29 is 4.74 Å². The standard InChI is InChI=1S/C17H25N5O/c1-14-20-16(19-8-4-12-23-3)13-17(21-14)22(2)11-7-15-5-9-18-10-6-15/h5-6,9-10,13H,4,7-8,11-12H2,1-3H3,(H,19,20,21). The fraction of sp³-hybridized carbons (Fsp3) is 0.471. The molecule has 0 fully saturated rings. The molecule has 0 aliphatic heterocycles. The van der Waals surface area contributed by atoms with Gasteiger partial charge in [0.2, 0.25) is 0 Å². The molecule has 0 aliphatic rings. The molecule has 0 atom stereocenters. The summed E-state index contributed by atoms with van der Waals surface area (Å²) in [6, 6.07) is 6.08. The van der Waals surface area contributed by atoms with Crippen molar-refractivity contribution >= 4 is 11.6 Å². The summed E-state index contributed by atoms with van der Waals surface area (Å²) in [5.41, 5.74) is 1.27. The molecule has 0 amide bonds. The molecule has 2 heterocycles. The molecule has 23 heavy (non-hydrogen) atoms. The highest BCUT2D eigenvalue weighted by molar-refractivity contribution is 5.49. The summed E-state index contributed by atoms with van der Waals surface area (Å²) in [5.74, 6) is 2.56. The molecule has 6 nitrogen and oxygen atoms in total. The Morgan fingerprint density at radius 2 is 2.00 bits per heavy atom. The normalized spacial score (nSPS) is 10.6. The van der Waals surface area contributed by atoms with Crippen LogP contribution in [0.15, 0.2) is 30.6 Å². The van der Waals surface area contributed by atoms with Crippen LogP contribution in [-0.2, 0) is 11.2 Å². The maximum atomic E-state index is 5.05. The minimum absolute atomic E-state index is 0.746. The number of ether oxygens (including phenoxy) is 1. The average Bonchev–Trinajstić information content (AvgIpc) is 2.57. The van der Waals surface area contributed by atoms with Gasteiger partial charge >= 0.3 is 0 Å². The maximum absolute atomic E-state index is 5.05. The highest BCUT2D eigenvalue weighted by atomic mass is 16.5. The van der Waals surface area contributed by atoms with E-state index in [0.717, 1.165) is 50.0 Å². The highest BCUT2D eigenvalue weighted by Crippen LogP contribution is 2.15. The van der Waals surface area contributed by atoms with E-state index in [2.05, 4.69) is 32.2 Å². The Morgan fingerprint density at radius 3 is 2.74 bits per heavy atom. The summed E-state index contributed by atoms with van der Waals surface area (Å²) in [7, 11) is 3.77. The van der Waals surface area contributed by atoms with Crippen LogP contribution < -0.4 is 10.2 Å². The lowest BCUT2D eigenvalue weighted by atomic mass is 10.2. The van der Waals surface area contributed by atoms with Gasteiger partial charge in [-0.2, -0.15) is 0 Å². The Balaban J connectivity index is 1.93. The first-order valence-electron chi connectivity index (χ1n) is 7.87. The molecule has 0 aromatic carbocycles. The first kappa shape index (κ1) is 17.1. The van der Waals surface area contributed by atoms with Gasteiger partial charge in [0.05, 0.1) is 0 Å². The number of rotatable bonds is 9. The van der Waals surface area contributed by atoms with E-state index in [9.17, 15) is 0 Å². The van der Waals surface area contributed by atoms with Crippen LogP contribution in [0.5, 0.6) is 0 Å². The Hall–Kier alpha value is -2.21. The van der Waals surface area contributed by atoms with Gasteiger partial charge in [0, 0.05) is 52.3 Å². The van der Waals surface area contributed by atoms with Gasteiger partial charge in [-0.1, -0.05) is 0 Å². The molecule has 124 valence electrons. The van der Waals surface area contributed by atoms with Gasteiger partial charge in [-0.25, -0.2) is 9.97 Å². The second kappa shape index (κ2) is 9.05. The van der Waals surface area contributed by atoms with Crippen molar-refractivity contribution in [1.82, 2.24) is 15.0 Å². The number of methoxy groups -OCH3 is 1. The van der Waals surface area contributed by atoms with Crippen molar-refractivity contribution in [2.45, 2.75) is 19.8 Å². The molecule has 0 aliphatic carbocycles. The predicted octanol–water partition coefficient (Wildman–Crippen LogP) is 2.31. The summed E-state index contributed by atoms with van der Waals surface area (Å²) in [5, 5.41) is 3.32. The lowest BCUT2D eigenvalue weighted by molar-refractivity contribution is 0.198. The van der Waals surface area contributed by atoms with E-state index < -0.39 is 0 Å². The number of aryl methyl sites for hydroxylation is 1. The minimum atomic E-state index is 0.746. The van der Waals surface area contributed by atoms with Crippen LogP contribution in [0.4, 0.5) is 11.6 Å². The fourth-order valence-electron chi connectivity index (χ4n) is 2.23. The number of hydrogen-bond acceptors (Lipinski definition) is 6. The van der Waals surface area contributed by atoms with Crippen LogP contribution in [0.25, 0.3) is 0 Å². The second-order valence-corrected chi connectivity index (χ2v) is 5.46. The number of aromatic nitrogens is 3. The third-order valence-electron chi connectivity index (χ3n) is 3.53. The Bertz CT molecular complexity index is 591. The molecule has 2 aromatic heterocycles. The number of nitrogens with zero attached hydrogens (tertiary/aromatic N) is 4. The number of hydrogen-bond donors (Lipinski definition) is 1. The molecule has 0 bridgehead atoms. The third kappa shape index (κ3) is 5.83. The first-order valence-corrected chi connectivity index (χ1v) is 7.87. The van der Waals surface area contributed by atoms with Gasteiger partial charge in [0.1, 0.15) is 17.5 Å². The van der Waals surface area contributed by atoms with Crippen molar-refractivity contribution in [3.63, 3.8) is 0 Å². The van der Waals surface area contributed by atoms with E-state index in [0.29, 0.717) is 0 Å². The Labute approximate surface area is 137 Å². The number of anilines is 2. The SMILES string of the molecule is COCCCNc1cc(N(C)CCc2ccncc2)nc(C)n1. The zero-order chi connectivity index (χ0) is 16.5. The molecule has 0 saturated heterocycles. The largest absolute Gasteiger partial charge is 0.385 e. The number of pyridine rings is 1. The first-order chi connectivity index (χ1) is 11.2. The highest BCUT2D eigenvalue weighted by Gasteiger charge is 2.07. The average molecular weight is 315 g/mol. The van der Waals surface area contributed by atoms with Crippen molar-refractivity contribution in [3.05, 3.63) is 42.0 Å². The molecule has 2 rings (SSSR count). The van der Waals surface area contributed by atoms with Crippen molar-refractivity contribution in [2.75, 3.05) is 44.1 Å². The van der Waals surface area contributed by atoms with E-state index >= 15 is 0 Å². The lowest BCUT2D eigenvalue weighted by Gasteiger charge is -2.19. The summed E-state index contributed by atoms with van der Waals surface area (Å²) in [6.07, 6.45) is 5.56. The summed E-state index contributed by atoms with van der Waals surface area (Å²) in [4.78, 5) is 15.2. The molecule has 0 radical (unpaired) electrons. The minimum Gasteiger partial charge on any atom is -0.385 e. The van der Waals surface area contributed by atoms with E-state index in [1.807, 2.05) is 37.5 Å². The van der Waals surface area contributed by atoms with E-state index in [4.69, 9.17) is 4.74 Å². The number of likely N-dealkylation sites (N-methyl/N-ethyl adjacent to an activating group) is 1. The molecule has 0 spiro atoms. The van der Waals surface area contributed by atoms with Gasteiger partial charge in [-0.3, -0.25) is 4.98 Å². The van der Waals surface area contributed by atoms with Crippen molar-refractivity contribution in [1.29, 1.82) is 0 Å². The molecule has 2 aromatic rings. The van der Waals surface area contributed by atoms with E-state index in [1.165, 1.54) is 5.56 Å². The predicted molar refractivity (Wildman–Crippen MR) is 93.0 cm³/mol. The molecular formula is C17H25N5O. The maximum Gasteiger partial charge on any atom is 0.134 e. The van der Waals surface area contributed by atoms with Crippen LogP contribution in [0, 0.1) is 6.92 Å². The Kier molecular flexibility index (Phi) is 6.75. The van der Waals surface area contributed by atoms with Crippen LogP contribution in [0.2, 0.25) is 0 Å². The van der Waals surface area contributed by atoms with Crippen LogP contribution in [0.3, 0.4) is 0 Å². The van der Waals surface area contributed by atoms with Crippen molar-refractivity contribution in [3.8, 4) is 0 Å². The molecule has 0 saturated carbocycles. The monoisotopic (exact) mass is 315 g/mol. The van der Waals surface area contributed by atoms with Crippen LogP contribution in [-0.4, -0.2) is 48.8 Å². The van der Waals surface area contributed by atoms with E-state index in [1.54, 1.807) is 7.11 Å². The Morgan fingerprint density at radius 1 is 1.22 bits per heavy atom. The number of nitrogens with one attached hydrogen (secondary N) is 1. The molecule has 1 N–H and O–H groups in total. The van der Waals surface area contributed by atoms with E-state index in [-0.39, 0.29) is 0 Å². The lowest BCUT2D eigenvalue weighted by Crippen LogP contribution is -2.22. The van der Waals surface area contributed by atoms with Gasteiger partial charge in [-0.15, -0.1) is 0 Å². The molecule has 0 unspecified atom stereocenters. The van der Waals surface area contributed by atoms with Crippen LogP contribution >= 0.6 is 0 Å². The topological polar surface area (TPSA) is 63.2 Å². The fourth-order valence-corrected chi connectivity index (χ4v) is 2.23. The van der Waals surface area contributed by atoms with Gasteiger partial charge < -0.3 is 15.0 Å². The molecular weight excluding hydrogens is 290 g/mol. The second-order valence-electron chi connectivity index (χ2n) is 5.46. The summed E-state index contributed by atoms with van der Waals surface area (Å²) in [6.45, 7) is 4.39. The van der Waals surface area contributed by atoms with Gasteiger partial charge in [0.25, 0.3) is 0 Å². The summed E-state index contributed by atoms with van der Waals surface area (Å²) < 4.78 is 5.05. The van der Waals surface area contributed by atoms with Crippen molar-refractivity contribution in [2.24, 2.45) is 0 Å².